The van der Waals surface area contributed by atoms with Gasteiger partial charge in [0.1, 0.15) is 0 Å². The molecule has 0 amide bonds. The van der Waals surface area contributed by atoms with Crippen LogP contribution in [0.5, 0.6) is 0 Å². The van der Waals surface area contributed by atoms with E-state index >= 15 is 0 Å². The Balaban J connectivity index is 1.91. The van der Waals surface area contributed by atoms with Crippen LogP contribution in [0.1, 0.15) is 19.5 Å². The second kappa shape index (κ2) is 9.63. The highest BCUT2D eigenvalue weighted by Crippen LogP contribution is 2.50. The van der Waals surface area contributed by atoms with E-state index in [-0.39, 0.29) is 18.9 Å². The number of aromatic nitrogens is 1. The van der Waals surface area contributed by atoms with Gasteiger partial charge in [-0.05, 0) is 42.3 Å². The van der Waals surface area contributed by atoms with Crippen molar-refractivity contribution in [2.45, 2.75) is 13.8 Å². The first-order chi connectivity index (χ1) is 15.9. The number of rotatable bonds is 8. The quantitative estimate of drug-likeness (QED) is 0.156. The minimum Gasteiger partial charge on any atom is -0.306 e. The maximum atomic E-state index is 12.8. The summed E-state index contributed by atoms with van der Waals surface area (Å²) in [6.07, 6.45) is 1.60. The minimum absolute atomic E-state index is 0.00674. The lowest BCUT2D eigenvalue weighted by molar-refractivity contribution is -0.384. The smallest absolute Gasteiger partial charge is 0.306 e. The molecule has 8 heteroatoms. The molecule has 0 radical (unpaired) electrons. The Labute approximate surface area is 191 Å². The number of non-ortho nitro benzene ring substituents is 1. The molecule has 3 aromatic carbocycles. The lowest BCUT2D eigenvalue weighted by atomic mass is 9.95. The fraction of sp³-hybridized carbons (Fsp3) is 0.160. The number of nitro benzene ring substituents is 1. The first-order valence-corrected chi connectivity index (χ1v) is 12.2. The molecule has 7 nitrogen and oxygen atoms in total. The topological polar surface area (TPSA) is 91.6 Å². The predicted octanol–water partition coefficient (Wildman–Crippen LogP) is 7.20. The highest BCUT2D eigenvalue weighted by Gasteiger charge is 2.20. The highest BCUT2D eigenvalue weighted by atomic mass is 31.2. The van der Waals surface area contributed by atoms with Crippen LogP contribution in [0.4, 0.5) is 5.69 Å². The summed E-state index contributed by atoms with van der Waals surface area (Å²) < 4.78 is 23.4. The first-order valence-electron chi connectivity index (χ1n) is 10.6. The lowest BCUT2D eigenvalue weighted by Crippen LogP contribution is -1.94. The second-order valence-corrected chi connectivity index (χ2v) is 9.17. The molecule has 4 aromatic rings. The Morgan fingerprint density at radius 3 is 2.39 bits per heavy atom. The van der Waals surface area contributed by atoms with Gasteiger partial charge in [0, 0.05) is 28.9 Å². The van der Waals surface area contributed by atoms with Gasteiger partial charge < -0.3 is 9.05 Å². The highest BCUT2D eigenvalue weighted by molar-refractivity contribution is 7.57. The normalized spacial score (nSPS) is 12.1. The third-order valence-corrected chi connectivity index (χ3v) is 6.89. The fourth-order valence-electron chi connectivity index (χ4n) is 3.75. The molecule has 0 atom stereocenters. The summed E-state index contributed by atoms with van der Waals surface area (Å²) >= 11 is 0. The molecule has 0 N–H and O–H groups in total. The maximum Gasteiger partial charge on any atom is 0.354 e. The summed E-state index contributed by atoms with van der Waals surface area (Å²) in [5.74, 6) is 1.40. The van der Waals surface area contributed by atoms with E-state index in [0.29, 0.717) is 22.2 Å². The molecule has 0 saturated heterocycles. The van der Waals surface area contributed by atoms with Gasteiger partial charge in [-0.3, -0.25) is 14.7 Å². The van der Waals surface area contributed by atoms with E-state index in [0.717, 1.165) is 16.3 Å². The van der Waals surface area contributed by atoms with Gasteiger partial charge in [0.15, 0.2) is 0 Å². The zero-order chi connectivity index (χ0) is 23.4. The van der Waals surface area contributed by atoms with Gasteiger partial charge in [0.2, 0.25) is 0 Å². The van der Waals surface area contributed by atoms with E-state index in [1.807, 2.05) is 42.5 Å². The lowest BCUT2D eigenvalue weighted by Gasteiger charge is -2.13. The third kappa shape index (κ3) is 4.86. The summed E-state index contributed by atoms with van der Waals surface area (Å²) in [5.41, 5.74) is 2.65. The molecular formula is C25H23N2O5P. The van der Waals surface area contributed by atoms with Crippen LogP contribution >= 0.6 is 7.60 Å². The molecule has 168 valence electrons. The second-order valence-electron chi connectivity index (χ2n) is 7.28. The molecule has 33 heavy (non-hydrogen) atoms. The van der Waals surface area contributed by atoms with Crippen molar-refractivity contribution in [1.29, 1.82) is 0 Å². The van der Waals surface area contributed by atoms with Crippen molar-refractivity contribution in [1.82, 2.24) is 4.98 Å². The van der Waals surface area contributed by atoms with Crippen molar-refractivity contribution < 1.29 is 18.5 Å². The average Bonchev–Trinajstić information content (AvgIpc) is 2.82. The number of benzene rings is 3. The Kier molecular flexibility index (Phi) is 6.65. The van der Waals surface area contributed by atoms with Gasteiger partial charge in [-0.25, -0.2) is 4.98 Å². The van der Waals surface area contributed by atoms with Crippen molar-refractivity contribution >= 4 is 41.0 Å². The van der Waals surface area contributed by atoms with Crippen LogP contribution in [0, 0.1) is 10.1 Å². The van der Waals surface area contributed by atoms with Crippen LogP contribution in [0.25, 0.3) is 38.9 Å². The van der Waals surface area contributed by atoms with Crippen molar-refractivity contribution in [2.24, 2.45) is 0 Å². The van der Waals surface area contributed by atoms with E-state index in [1.54, 1.807) is 38.1 Å². The predicted molar refractivity (Wildman–Crippen MR) is 131 cm³/mol. The molecule has 1 heterocycles. The number of nitrogens with zero attached hydrogens (tertiary/aromatic N) is 2. The van der Waals surface area contributed by atoms with Gasteiger partial charge >= 0.3 is 7.60 Å². The first kappa shape index (κ1) is 22.8. The molecule has 0 saturated carbocycles. The molecule has 0 unspecified atom stereocenters. The molecule has 0 spiro atoms. The Bertz CT molecular complexity index is 1400. The summed E-state index contributed by atoms with van der Waals surface area (Å²) in [4.78, 5) is 15.9. The Hall–Kier alpha value is -3.38. The van der Waals surface area contributed by atoms with Gasteiger partial charge in [-0.15, -0.1) is 0 Å². The SMILES string of the molecule is CCOP(=O)(C=Cc1ccc2cc([N+](=O)[O-])cc(-c3cccc4ccccc34)c2n1)OCC. The van der Waals surface area contributed by atoms with E-state index < -0.39 is 12.5 Å². The van der Waals surface area contributed by atoms with Crippen LogP contribution in [0.15, 0.2) is 72.5 Å². The molecule has 0 aliphatic carbocycles. The Morgan fingerprint density at radius 1 is 0.939 bits per heavy atom. The summed E-state index contributed by atoms with van der Waals surface area (Å²) in [6.45, 7) is 4.00. The van der Waals surface area contributed by atoms with E-state index in [2.05, 4.69) is 0 Å². The maximum absolute atomic E-state index is 12.8. The number of pyridine rings is 1. The number of fused-ring (bicyclic) bond motifs is 2. The van der Waals surface area contributed by atoms with Crippen LogP contribution in [-0.4, -0.2) is 23.1 Å². The monoisotopic (exact) mass is 462 g/mol. The third-order valence-electron chi connectivity index (χ3n) is 5.14. The molecule has 0 fully saturated rings. The zero-order valence-electron chi connectivity index (χ0n) is 18.3. The summed E-state index contributed by atoms with van der Waals surface area (Å²) in [6, 6.07) is 20.3. The van der Waals surface area contributed by atoms with Gasteiger partial charge in [0.25, 0.3) is 5.69 Å². The van der Waals surface area contributed by atoms with Crippen LogP contribution < -0.4 is 0 Å². The van der Waals surface area contributed by atoms with E-state index in [1.165, 1.54) is 11.9 Å². The summed E-state index contributed by atoms with van der Waals surface area (Å²) in [7, 11) is -3.38. The van der Waals surface area contributed by atoms with E-state index in [9.17, 15) is 14.7 Å². The van der Waals surface area contributed by atoms with Gasteiger partial charge in [0.05, 0.1) is 29.3 Å². The van der Waals surface area contributed by atoms with Gasteiger partial charge in [-0.2, -0.15) is 0 Å². The van der Waals surface area contributed by atoms with Crippen molar-refractivity contribution in [3.63, 3.8) is 0 Å². The van der Waals surface area contributed by atoms with E-state index in [4.69, 9.17) is 14.0 Å². The minimum atomic E-state index is -3.38. The average molecular weight is 462 g/mol. The molecule has 0 aliphatic rings. The number of hydrogen-bond acceptors (Lipinski definition) is 6. The van der Waals surface area contributed by atoms with Gasteiger partial charge in [-0.1, -0.05) is 48.5 Å². The fourth-order valence-corrected chi connectivity index (χ4v) is 5.05. The standard InChI is InChI=1S/C25H23N2O5P/c1-3-31-33(30,32-4-2)15-14-20-13-12-19-16-21(27(28)29)17-24(25(19)26-20)23-11-7-9-18-8-5-6-10-22(18)23/h5-17H,3-4H2,1-2H3. The number of hydrogen-bond donors (Lipinski definition) is 0. The summed E-state index contributed by atoms with van der Waals surface area (Å²) in [5, 5.41) is 14.3. The number of nitro groups is 1. The Morgan fingerprint density at radius 2 is 1.67 bits per heavy atom. The van der Waals surface area contributed by atoms with Crippen molar-refractivity contribution in [3.8, 4) is 11.1 Å². The van der Waals surface area contributed by atoms with Crippen LogP contribution in [0.3, 0.4) is 0 Å². The molecule has 0 aliphatic heterocycles. The van der Waals surface area contributed by atoms with Crippen molar-refractivity contribution in [3.05, 3.63) is 88.4 Å². The van der Waals surface area contributed by atoms with Crippen LogP contribution in [-0.2, 0) is 13.6 Å². The van der Waals surface area contributed by atoms with Crippen molar-refractivity contribution in [2.75, 3.05) is 13.2 Å². The molecular weight excluding hydrogens is 439 g/mol. The molecule has 0 bridgehead atoms. The largest absolute Gasteiger partial charge is 0.354 e. The molecule has 1 aromatic heterocycles. The van der Waals surface area contributed by atoms with Crippen LogP contribution in [0.2, 0.25) is 0 Å². The molecule has 4 rings (SSSR count). The zero-order valence-corrected chi connectivity index (χ0v) is 19.2.